The number of carbonyl (C=O) groups excluding carboxylic acids is 2. The van der Waals surface area contributed by atoms with E-state index < -0.39 is 5.60 Å². The number of nitrogens with zero attached hydrogens (tertiary/aromatic N) is 4. The number of hydrogen-bond acceptors (Lipinski definition) is 5. The maximum absolute atomic E-state index is 13.3. The zero-order valence-corrected chi connectivity index (χ0v) is 18.9. The molecule has 174 valence electrons. The molecule has 1 saturated carbocycles. The van der Waals surface area contributed by atoms with Gasteiger partial charge < -0.3 is 14.9 Å². The smallest absolute Gasteiger partial charge is 0.253 e. The van der Waals surface area contributed by atoms with E-state index in [1.165, 1.54) is 24.0 Å². The Labute approximate surface area is 196 Å². The van der Waals surface area contributed by atoms with Crippen LogP contribution < -0.4 is 0 Å². The number of amides is 2. The van der Waals surface area contributed by atoms with Crippen molar-refractivity contribution in [2.75, 3.05) is 26.2 Å². The molecular weight excluding hydrogens is 430 g/mol. The number of aliphatic hydroxyl groups is 1. The van der Waals surface area contributed by atoms with Crippen LogP contribution in [-0.4, -0.2) is 73.9 Å². The first kappa shape index (κ1) is 20.1. The van der Waals surface area contributed by atoms with Gasteiger partial charge in [0.2, 0.25) is 0 Å². The van der Waals surface area contributed by atoms with E-state index in [2.05, 4.69) is 27.5 Å². The number of benzene rings is 2. The van der Waals surface area contributed by atoms with Crippen LogP contribution in [-0.2, 0) is 12.8 Å². The van der Waals surface area contributed by atoms with Crippen LogP contribution in [0.15, 0.2) is 36.4 Å². The molecule has 2 aliphatic carbocycles. The number of aryl methyl sites for hydroxylation is 2. The zero-order valence-electron chi connectivity index (χ0n) is 18.9. The van der Waals surface area contributed by atoms with Gasteiger partial charge in [-0.05, 0) is 73.1 Å². The Morgan fingerprint density at radius 2 is 1.53 bits per heavy atom. The van der Waals surface area contributed by atoms with Crippen LogP contribution >= 0.6 is 0 Å². The third kappa shape index (κ3) is 2.81. The Hall–Kier alpha value is -3.26. The van der Waals surface area contributed by atoms with Crippen LogP contribution in [0.4, 0.5) is 0 Å². The summed E-state index contributed by atoms with van der Waals surface area (Å²) >= 11 is 0. The minimum absolute atomic E-state index is 0.0126. The third-order valence-corrected chi connectivity index (χ3v) is 8.76. The lowest BCUT2D eigenvalue weighted by Gasteiger charge is -2.50. The van der Waals surface area contributed by atoms with Gasteiger partial charge in [0.1, 0.15) is 11.0 Å². The van der Waals surface area contributed by atoms with Crippen molar-refractivity contribution in [1.82, 2.24) is 25.2 Å². The Morgan fingerprint density at radius 3 is 2.38 bits per heavy atom. The highest BCUT2D eigenvalue weighted by Gasteiger charge is 2.68. The Morgan fingerprint density at radius 1 is 0.853 bits per heavy atom. The predicted octanol–water partition coefficient (Wildman–Crippen LogP) is 2.04. The molecule has 2 N–H and O–H groups in total. The Balaban J connectivity index is 1.06. The van der Waals surface area contributed by atoms with Gasteiger partial charge in [-0.3, -0.25) is 9.59 Å². The second-order valence-corrected chi connectivity index (χ2v) is 10.5. The highest BCUT2D eigenvalue weighted by molar-refractivity contribution is 5.97. The molecule has 2 saturated heterocycles. The highest BCUT2D eigenvalue weighted by Crippen LogP contribution is 2.57. The Bertz CT molecular complexity index is 1330. The number of nitrogens with one attached hydrogen (secondary N) is 1. The molecule has 8 nitrogen and oxygen atoms in total. The quantitative estimate of drug-likeness (QED) is 0.613. The number of β-amino-alcohol motifs (C(OH)–C–C–N with tert-alkyl or cyclic N) is 1. The molecule has 3 fully saturated rings. The highest BCUT2D eigenvalue weighted by atomic mass is 16.3. The van der Waals surface area contributed by atoms with Crippen molar-refractivity contribution < 1.29 is 14.7 Å². The number of H-pyrrole nitrogens is 1. The molecule has 8 heteroatoms. The summed E-state index contributed by atoms with van der Waals surface area (Å²) in [6.45, 7) is 2.05. The number of likely N-dealkylation sites (tertiary alicyclic amines) is 2. The summed E-state index contributed by atoms with van der Waals surface area (Å²) in [5.74, 6) is 0.241. The molecular formula is C26H27N5O3. The topological polar surface area (TPSA) is 102 Å². The number of rotatable bonds is 2. The summed E-state index contributed by atoms with van der Waals surface area (Å²) in [4.78, 5) is 30.1. The average molecular weight is 458 g/mol. The van der Waals surface area contributed by atoms with Gasteiger partial charge in [0, 0.05) is 42.6 Å². The maximum Gasteiger partial charge on any atom is 0.253 e. The number of aromatic nitrogens is 3. The minimum atomic E-state index is -0.903. The van der Waals surface area contributed by atoms with Crippen LogP contribution in [0, 0.1) is 17.8 Å². The Kier molecular flexibility index (Phi) is 4.22. The fourth-order valence-electron chi connectivity index (χ4n) is 6.95. The molecule has 0 bridgehead atoms. The van der Waals surface area contributed by atoms with E-state index in [0.717, 1.165) is 23.9 Å². The molecule has 0 radical (unpaired) electrons. The normalized spacial score (nSPS) is 29.5. The zero-order chi connectivity index (χ0) is 23.0. The monoisotopic (exact) mass is 457 g/mol. The molecule has 2 unspecified atom stereocenters. The van der Waals surface area contributed by atoms with Gasteiger partial charge >= 0.3 is 0 Å². The van der Waals surface area contributed by atoms with E-state index in [0.29, 0.717) is 37.3 Å². The van der Waals surface area contributed by atoms with Gasteiger partial charge in [0.05, 0.1) is 12.1 Å². The molecule has 2 amide bonds. The average Bonchev–Trinajstić information content (AvgIpc) is 3.57. The van der Waals surface area contributed by atoms with Gasteiger partial charge in [0.15, 0.2) is 0 Å². The van der Waals surface area contributed by atoms with E-state index in [1.54, 1.807) is 18.2 Å². The summed E-state index contributed by atoms with van der Waals surface area (Å²) in [5, 5.41) is 22.2. The fraction of sp³-hybridized carbons (Fsp3) is 0.462. The third-order valence-electron chi connectivity index (χ3n) is 8.76. The van der Waals surface area contributed by atoms with Crippen molar-refractivity contribution in [3.05, 3.63) is 58.7 Å². The largest absolute Gasteiger partial charge is 0.387 e. The fourth-order valence-corrected chi connectivity index (χ4v) is 6.95. The van der Waals surface area contributed by atoms with Gasteiger partial charge in [0.25, 0.3) is 11.8 Å². The standard InChI is InChI=1S/C26H27N5O3/c32-24(18-7-8-22-23(10-18)28-29-27-22)30-11-19-20(12-30)26(34)14-31(13-21(19)26)25(33)17-6-5-15-3-1-2-4-16(15)9-17/h5-10,19-21,34H,1-4,11-14H2,(H,27,28,29)/t19-,20+,21?,26?/m0/s1. The van der Waals surface area contributed by atoms with Crippen molar-refractivity contribution >= 4 is 22.8 Å². The van der Waals surface area contributed by atoms with Crippen molar-refractivity contribution in [3.8, 4) is 0 Å². The molecule has 4 aliphatic rings. The molecule has 7 rings (SSSR count). The van der Waals surface area contributed by atoms with Crippen molar-refractivity contribution in [1.29, 1.82) is 0 Å². The van der Waals surface area contributed by atoms with Crippen molar-refractivity contribution in [3.63, 3.8) is 0 Å². The number of carbonyl (C=O) groups is 2. The lowest BCUT2D eigenvalue weighted by molar-refractivity contribution is -0.145. The van der Waals surface area contributed by atoms with Crippen molar-refractivity contribution in [2.45, 2.75) is 31.3 Å². The molecule has 0 spiro atoms. The minimum Gasteiger partial charge on any atom is -0.387 e. The van der Waals surface area contributed by atoms with Gasteiger partial charge in [-0.1, -0.05) is 6.07 Å². The summed E-state index contributed by atoms with van der Waals surface area (Å²) in [5.41, 5.74) is 4.47. The van der Waals surface area contributed by atoms with Gasteiger partial charge in [-0.2, -0.15) is 15.4 Å². The van der Waals surface area contributed by atoms with E-state index in [9.17, 15) is 14.7 Å². The second-order valence-electron chi connectivity index (χ2n) is 10.5. The summed E-state index contributed by atoms with van der Waals surface area (Å²) in [6, 6.07) is 11.5. The van der Waals surface area contributed by atoms with Crippen LogP contribution in [0.2, 0.25) is 0 Å². The van der Waals surface area contributed by atoms with Crippen LogP contribution in [0.5, 0.6) is 0 Å². The number of aromatic amines is 1. The maximum atomic E-state index is 13.3. The lowest BCUT2D eigenvalue weighted by Crippen LogP contribution is -2.61. The van der Waals surface area contributed by atoms with Gasteiger partial charge in [-0.15, -0.1) is 0 Å². The first-order valence-corrected chi connectivity index (χ1v) is 12.2. The SMILES string of the molecule is O=C(c1ccc2n[nH]nc2c1)N1C[C@@H]2C3CN(C(=O)c4ccc5c(c4)CCCC5)CC3(O)[C@@H]2C1. The predicted molar refractivity (Wildman–Crippen MR) is 124 cm³/mol. The van der Waals surface area contributed by atoms with Crippen LogP contribution in [0.25, 0.3) is 11.0 Å². The van der Waals surface area contributed by atoms with Crippen LogP contribution in [0.1, 0.15) is 44.7 Å². The van der Waals surface area contributed by atoms with E-state index in [4.69, 9.17) is 0 Å². The second kappa shape index (κ2) is 7.12. The lowest BCUT2D eigenvalue weighted by atomic mass is 9.56. The summed E-state index contributed by atoms with van der Waals surface area (Å²) < 4.78 is 0. The molecule has 2 aromatic carbocycles. The first-order chi connectivity index (χ1) is 16.5. The molecule has 34 heavy (non-hydrogen) atoms. The molecule has 1 aromatic heterocycles. The molecule has 3 heterocycles. The van der Waals surface area contributed by atoms with E-state index in [1.807, 2.05) is 15.9 Å². The van der Waals surface area contributed by atoms with Gasteiger partial charge in [-0.25, -0.2) is 0 Å². The first-order valence-electron chi connectivity index (χ1n) is 12.2. The number of hydrogen-bond donors (Lipinski definition) is 2. The summed E-state index contributed by atoms with van der Waals surface area (Å²) in [7, 11) is 0. The number of fused-ring (bicyclic) bond motifs is 6. The van der Waals surface area contributed by atoms with Crippen molar-refractivity contribution in [2.24, 2.45) is 17.8 Å². The van der Waals surface area contributed by atoms with Crippen LogP contribution in [0.3, 0.4) is 0 Å². The molecule has 3 aromatic rings. The molecule has 4 atom stereocenters. The van der Waals surface area contributed by atoms with E-state index in [-0.39, 0.29) is 29.6 Å². The van der Waals surface area contributed by atoms with E-state index >= 15 is 0 Å². The summed E-state index contributed by atoms with van der Waals surface area (Å²) in [6.07, 6.45) is 4.54. The molecule has 2 aliphatic heterocycles.